The second-order valence-electron chi connectivity index (χ2n) is 3.50. The van der Waals surface area contributed by atoms with Crippen LogP contribution in [0, 0.1) is 0 Å². The van der Waals surface area contributed by atoms with Gasteiger partial charge in [0.15, 0.2) is 0 Å². The van der Waals surface area contributed by atoms with Gasteiger partial charge in [-0.1, -0.05) is 6.92 Å². The summed E-state index contributed by atoms with van der Waals surface area (Å²) in [5.74, 6) is 0.921. The number of aromatic amines is 1. The van der Waals surface area contributed by atoms with Crippen LogP contribution in [-0.4, -0.2) is 35.6 Å². The molecule has 0 atom stereocenters. The molecule has 0 aromatic carbocycles. The smallest absolute Gasteiger partial charge is 0.222 e. The number of nitrogens with zero attached hydrogens (tertiary/aromatic N) is 1. The number of hydrogen-bond acceptors (Lipinski definition) is 3. The van der Waals surface area contributed by atoms with Crippen molar-refractivity contribution in [2.24, 2.45) is 0 Å². The molecule has 0 spiro atoms. The van der Waals surface area contributed by atoms with Crippen molar-refractivity contribution in [3.8, 4) is 0 Å². The molecule has 5 heteroatoms. The monoisotopic (exact) mass is 225 g/mol. The predicted molar refractivity (Wildman–Crippen MR) is 61.0 cm³/mol. The van der Waals surface area contributed by atoms with E-state index in [-0.39, 0.29) is 5.91 Å². The third-order valence-corrected chi connectivity index (χ3v) is 2.06. The van der Waals surface area contributed by atoms with Crippen LogP contribution >= 0.6 is 0 Å². The van der Waals surface area contributed by atoms with E-state index < -0.39 is 0 Å². The number of carbonyl (C=O) groups excluding carboxylic acids is 1. The van der Waals surface area contributed by atoms with Crippen LogP contribution in [0.5, 0.6) is 0 Å². The molecule has 0 aliphatic rings. The van der Waals surface area contributed by atoms with Crippen LogP contribution < -0.4 is 5.32 Å². The normalized spacial score (nSPS) is 10.3. The Kier molecular flexibility index (Phi) is 6.25. The molecule has 0 unspecified atom stereocenters. The van der Waals surface area contributed by atoms with Gasteiger partial charge in [-0.15, -0.1) is 0 Å². The molecular formula is C11H19N3O2. The minimum atomic E-state index is 0.0302. The van der Waals surface area contributed by atoms with Gasteiger partial charge in [0, 0.05) is 38.4 Å². The predicted octanol–water partition coefficient (Wildman–Crippen LogP) is 0.885. The summed E-state index contributed by atoms with van der Waals surface area (Å²) < 4.78 is 5.23. The van der Waals surface area contributed by atoms with Crippen molar-refractivity contribution in [2.45, 2.75) is 26.2 Å². The lowest BCUT2D eigenvalue weighted by Gasteiger charge is -2.04. The zero-order valence-electron chi connectivity index (χ0n) is 9.66. The van der Waals surface area contributed by atoms with Gasteiger partial charge in [-0.25, -0.2) is 4.98 Å². The van der Waals surface area contributed by atoms with Crippen molar-refractivity contribution in [2.75, 3.05) is 19.8 Å². The SMILES string of the molecule is CCCOCCC(=O)NCCc1ncc[nH]1. The first-order chi connectivity index (χ1) is 7.83. The lowest BCUT2D eigenvalue weighted by atomic mass is 10.3. The fourth-order valence-electron chi connectivity index (χ4n) is 1.25. The van der Waals surface area contributed by atoms with E-state index in [2.05, 4.69) is 15.3 Å². The molecule has 5 nitrogen and oxygen atoms in total. The Bertz CT molecular complexity index is 285. The number of aromatic nitrogens is 2. The molecule has 0 saturated heterocycles. The standard InChI is InChI=1S/C11H19N3O2/c1-2-8-16-9-4-11(15)14-5-3-10-12-6-7-13-10/h6-7H,2-5,8-9H2,1H3,(H,12,13)(H,14,15). The van der Waals surface area contributed by atoms with Gasteiger partial charge in [0.1, 0.15) is 5.82 Å². The first-order valence-corrected chi connectivity index (χ1v) is 5.65. The van der Waals surface area contributed by atoms with Crippen molar-refractivity contribution >= 4 is 5.91 Å². The van der Waals surface area contributed by atoms with E-state index in [1.165, 1.54) is 0 Å². The first kappa shape index (κ1) is 12.7. The zero-order valence-corrected chi connectivity index (χ0v) is 9.66. The fraction of sp³-hybridized carbons (Fsp3) is 0.636. The van der Waals surface area contributed by atoms with Crippen LogP contribution in [0.1, 0.15) is 25.6 Å². The molecule has 90 valence electrons. The summed E-state index contributed by atoms with van der Waals surface area (Å²) in [6, 6.07) is 0. The highest BCUT2D eigenvalue weighted by atomic mass is 16.5. The number of imidazole rings is 1. The number of hydrogen-bond donors (Lipinski definition) is 2. The zero-order chi connectivity index (χ0) is 11.6. The van der Waals surface area contributed by atoms with Gasteiger partial charge in [-0.3, -0.25) is 4.79 Å². The molecule has 1 amide bonds. The van der Waals surface area contributed by atoms with Crippen LogP contribution in [0.15, 0.2) is 12.4 Å². The number of nitrogens with one attached hydrogen (secondary N) is 2. The van der Waals surface area contributed by atoms with Crippen LogP contribution in [0.25, 0.3) is 0 Å². The summed E-state index contributed by atoms with van der Waals surface area (Å²) in [7, 11) is 0. The van der Waals surface area contributed by atoms with Gasteiger partial charge in [-0.2, -0.15) is 0 Å². The van der Waals surface area contributed by atoms with E-state index in [0.29, 0.717) is 19.6 Å². The van der Waals surface area contributed by atoms with Gasteiger partial charge in [0.2, 0.25) is 5.91 Å². The highest BCUT2D eigenvalue weighted by Gasteiger charge is 2.01. The summed E-state index contributed by atoms with van der Waals surface area (Å²) in [5, 5.41) is 2.82. The van der Waals surface area contributed by atoms with Crippen LogP contribution in [0.3, 0.4) is 0 Å². The molecule has 0 saturated carbocycles. The lowest BCUT2D eigenvalue weighted by Crippen LogP contribution is -2.26. The minimum absolute atomic E-state index is 0.0302. The maximum absolute atomic E-state index is 11.3. The summed E-state index contributed by atoms with van der Waals surface area (Å²) in [4.78, 5) is 18.4. The lowest BCUT2D eigenvalue weighted by molar-refractivity contribution is -0.122. The third kappa shape index (κ3) is 5.50. The number of carbonyl (C=O) groups is 1. The van der Waals surface area contributed by atoms with Crippen molar-refractivity contribution in [3.05, 3.63) is 18.2 Å². The molecule has 1 rings (SSSR count). The van der Waals surface area contributed by atoms with E-state index >= 15 is 0 Å². The number of ether oxygens (including phenoxy) is 1. The molecule has 0 bridgehead atoms. The van der Waals surface area contributed by atoms with Gasteiger partial charge in [0.25, 0.3) is 0 Å². The number of H-pyrrole nitrogens is 1. The Balaban J connectivity index is 1.98. The van der Waals surface area contributed by atoms with Crippen molar-refractivity contribution in [1.82, 2.24) is 15.3 Å². The minimum Gasteiger partial charge on any atom is -0.381 e. The maximum Gasteiger partial charge on any atom is 0.222 e. The first-order valence-electron chi connectivity index (χ1n) is 5.65. The third-order valence-electron chi connectivity index (χ3n) is 2.06. The van der Waals surface area contributed by atoms with E-state index in [9.17, 15) is 4.79 Å². The Morgan fingerprint density at radius 1 is 1.56 bits per heavy atom. The number of amides is 1. The summed E-state index contributed by atoms with van der Waals surface area (Å²) in [6.45, 7) is 3.88. The average molecular weight is 225 g/mol. The van der Waals surface area contributed by atoms with E-state index in [4.69, 9.17) is 4.74 Å². The van der Waals surface area contributed by atoms with E-state index in [0.717, 1.165) is 25.3 Å². The fourth-order valence-corrected chi connectivity index (χ4v) is 1.25. The highest BCUT2D eigenvalue weighted by Crippen LogP contribution is 1.89. The molecule has 1 aromatic heterocycles. The van der Waals surface area contributed by atoms with E-state index in [1.807, 2.05) is 6.92 Å². The molecule has 2 N–H and O–H groups in total. The van der Waals surface area contributed by atoms with Crippen molar-refractivity contribution in [3.63, 3.8) is 0 Å². The Morgan fingerprint density at radius 3 is 3.12 bits per heavy atom. The quantitative estimate of drug-likeness (QED) is 0.645. The Hall–Kier alpha value is -1.36. The van der Waals surface area contributed by atoms with Crippen LogP contribution in [-0.2, 0) is 16.0 Å². The summed E-state index contributed by atoms with van der Waals surface area (Å²) in [5.41, 5.74) is 0. The molecule has 0 aliphatic heterocycles. The molecule has 0 aliphatic carbocycles. The van der Waals surface area contributed by atoms with Gasteiger partial charge >= 0.3 is 0 Å². The molecule has 1 heterocycles. The molecule has 0 fully saturated rings. The van der Waals surface area contributed by atoms with Crippen LogP contribution in [0.4, 0.5) is 0 Å². The molecule has 0 radical (unpaired) electrons. The summed E-state index contributed by atoms with van der Waals surface area (Å²) in [6.07, 6.45) is 5.62. The Labute approximate surface area is 95.6 Å². The van der Waals surface area contributed by atoms with Gasteiger partial charge in [-0.05, 0) is 6.42 Å². The maximum atomic E-state index is 11.3. The second-order valence-corrected chi connectivity index (χ2v) is 3.50. The number of rotatable bonds is 8. The van der Waals surface area contributed by atoms with Gasteiger partial charge in [0.05, 0.1) is 6.61 Å². The highest BCUT2D eigenvalue weighted by molar-refractivity contribution is 5.75. The topological polar surface area (TPSA) is 67.0 Å². The van der Waals surface area contributed by atoms with Crippen molar-refractivity contribution in [1.29, 1.82) is 0 Å². The second kappa shape index (κ2) is 7.87. The van der Waals surface area contributed by atoms with Gasteiger partial charge < -0.3 is 15.0 Å². The summed E-state index contributed by atoms with van der Waals surface area (Å²) >= 11 is 0. The van der Waals surface area contributed by atoms with E-state index in [1.54, 1.807) is 12.4 Å². The Morgan fingerprint density at radius 2 is 2.44 bits per heavy atom. The largest absolute Gasteiger partial charge is 0.381 e. The molecular weight excluding hydrogens is 206 g/mol. The van der Waals surface area contributed by atoms with Crippen molar-refractivity contribution < 1.29 is 9.53 Å². The van der Waals surface area contributed by atoms with Crippen LogP contribution in [0.2, 0.25) is 0 Å². The molecule has 16 heavy (non-hydrogen) atoms. The average Bonchev–Trinajstić information content (AvgIpc) is 2.77. The molecule has 1 aromatic rings.